The van der Waals surface area contributed by atoms with Gasteiger partial charge >= 0.3 is 0 Å². The van der Waals surface area contributed by atoms with Crippen LogP contribution in [-0.2, 0) is 0 Å². The van der Waals surface area contributed by atoms with Crippen LogP contribution in [0.15, 0.2) is 24.3 Å². The SMILES string of the molecule is CNCCC1CN(c2cccc(C)c2)CC(C)N1C. The van der Waals surface area contributed by atoms with Gasteiger partial charge in [0.1, 0.15) is 0 Å². The predicted molar refractivity (Wildman–Crippen MR) is 82.9 cm³/mol. The molecule has 1 aromatic carbocycles. The van der Waals surface area contributed by atoms with Crippen molar-refractivity contribution in [1.29, 1.82) is 0 Å². The zero-order valence-corrected chi connectivity index (χ0v) is 12.7. The summed E-state index contributed by atoms with van der Waals surface area (Å²) in [6, 6.07) is 10.1. The Hall–Kier alpha value is -1.06. The molecule has 0 bridgehead atoms. The minimum atomic E-state index is 0.608. The predicted octanol–water partition coefficient (Wildman–Crippen LogP) is 2.11. The summed E-state index contributed by atoms with van der Waals surface area (Å²) in [6.45, 7) is 7.83. The molecule has 0 saturated carbocycles. The first kappa shape index (κ1) is 14.4. The van der Waals surface area contributed by atoms with Crippen molar-refractivity contribution in [1.82, 2.24) is 10.2 Å². The Morgan fingerprint density at radius 3 is 2.79 bits per heavy atom. The summed E-state index contributed by atoms with van der Waals surface area (Å²) in [5.74, 6) is 0. The highest BCUT2D eigenvalue weighted by Crippen LogP contribution is 2.23. The van der Waals surface area contributed by atoms with Crippen molar-refractivity contribution in [2.75, 3.05) is 38.6 Å². The Labute approximate surface area is 117 Å². The van der Waals surface area contributed by atoms with E-state index in [4.69, 9.17) is 0 Å². The van der Waals surface area contributed by atoms with Crippen LogP contribution in [0.4, 0.5) is 5.69 Å². The highest BCUT2D eigenvalue weighted by Gasteiger charge is 2.29. The summed E-state index contributed by atoms with van der Waals surface area (Å²) in [5, 5.41) is 3.27. The molecule has 2 unspecified atom stereocenters. The minimum Gasteiger partial charge on any atom is -0.368 e. The summed E-state index contributed by atoms with van der Waals surface area (Å²) in [7, 11) is 4.29. The zero-order chi connectivity index (χ0) is 13.8. The number of benzene rings is 1. The lowest BCUT2D eigenvalue weighted by Crippen LogP contribution is -2.56. The standard InChI is InChI=1S/C16H27N3/c1-13-6-5-7-15(10-13)19-11-14(2)18(4)16(12-19)8-9-17-3/h5-7,10,14,16-17H,8-9,11-12H2,1-4H3. The van der Waals surface area contributed by atoms with Crippen molar-refractivity contribution in [3.8, 4) is 0 Å². The first-order valence-corrected chi connectivity index (χ1v) is 7.30. The van der Waals surface area contributed by atoms with Gasteiger partial charge in [0.05, 0.1) is 0 Å². The third-order valence-corrected chi connectivity index (χ3v) is 4.28. The largest absolute Gasteiger partial charge is 0.368 e. The number of hydrogen-bond acceptors (Lipinski definition) is 3. The molecule has 1 saturated heterocycles. The molecule has 0 spiro atoms. The van der Waals surface area contributed by atoms with E-state index in [1.165, 1.54) is 17.7 Å². The average molecular weight is 261 g/mol. The molecule has 0 radical (unpaired) electrons. The van der Waals surface area contributed by atoms with Crippen LogP contribution in [-0.4, -0.2) is 50.7 Å². The molecule has 0 aromatic heterocycles. The number of anilines is 1. The molecule has 2 atom stereocenters. The van der Waals surface area contributed by atoms with Crippen LogP contribution in [0.1, 0.15) is 18.9 Å². The van der Waals surface area contributed by atoms with Gasteiger partial charge in [-0.1, -0.05) is 12.1 Å². The van der Waals surface area contributed by atoms with Crippen LogP contribution in [0.3, 0.4) is 0 Å². The van der Waals surface area contributed by atoms with Gasteiger partial charge in [-0.25, -0.2) is 0 Å². The fourth-order valence-electron chi connectivity index (χ4n) is 2.91. The number of nitrogens with zero attached hydrogens (tertiary/aromatic N) is 2. The highest BCUT2D eigenvalue weighted by molar-refractivity contribution is 5.49. The zero-order valence-electron chi connectivity index (χ0n) is 12.7. The van der Waals surface area contributed by atoms with Gasteiger partial charge in [-0.15, -0.1) is 0 Å². The summed E-state index contributed by atoms with van der Waals surface area (Å²) < 4.78 is 0. The lowest BCUT2D eigenvalue weighted by atomic mass is 10.0. The second-order valence-electron chi connectivity index (χ2n) is 5.80. The van der Waals surface area contributed by atoms with Gasteiger partial charge in [-0.2, -0.15) is 0 Å². The fourth-order valence-corrected chi connectivity index (χ4v) is 2.91. The highest BCUT2D eigenvalue weighted by atomic mass is 15.3. The van der Waals surface area contributed by atoms with Gasteiger partial charge in [0.2, 0.25) is 0 Å². The Morgan fingerprint density at radius 2 is 2.11 bits per heavy atom. The molecule has 19 heavy (non-hydrogen) atoms. The van der Waals surface area contributed by atoms with Crippen LogP contribution < -0.4 is 10.2 Å². The van der Waals surface area contributed by atoms with Crippen molar-refractivity contribution in [2.24, 2.45) is 0 Å². The molecule has 1 aliphatic heterocycles. The molecule has 0 amide bonds. The minimum absolute atomic E-state index is 0.608. The second-order valence-corrected chi connectivity index (χ2v) is 5.80. The molecule has 1 heterocycles. The topological polar surface area (TPSA) is 18.5 Å². The number of nitrogens with one attached hydrogen (secondary N) is 1. The normalized spacial score (nSPS) is 24.7. The van der Waals surface area contributed by atoms with Crippen molar-refractivity contribution in [3.05, 3.63) is 29.8 Å². The van der Waals surface area contributed by atoms with E-state index in [2.05, 4.69) is 60.3 Å². The first-order chi connectivity index (χ1) is 9.11. The van der Waals surface area contributed by atoms with Crippen LogP contribution in [0, 0.1) is 6.92 Å². The van der Waals surface area contributed by atoms with Crippen molar-refractivity contribution in [2.45, 2.75) is 32.4 Å². The maximum atomic E-state index is 3.27. The third-order valence-electron chi connectivity index (χ3n) is 4.28. The van der Waals surface area contributed by atoms with Gasteiger partial charge in [0.15, 0.2) is 0 Å². The Bertz CT molecular complexity index is 405. The van der Waals surface area contributed by atoms with E-state index in [1.54, 1.807) is 0 Å². The molecule has 0 aliphatic carbocycles. The summed E-state index contributed by atoms with van der Waals surface area (Å²) in [5.41, 5.74) is 2.71. The summed E-state index contributed by atoms with van der Waals surface area (Å²) in [6.07, 6.45) is 1.21. The van der Waals surface area contributed by atoms with E-state index in [-0.39, 0.29) is 0 Å². The quantitative estimate of drug-likeness (QED) is 0.895. The van der Waals surface area contributed by atoms with Crippen LogP contribution in [0.5, 0.6) is 0 Å². The Kier molecular flexibility index (Phi) is 4.83. The number of aryl methyl sites for hydroxylation is 1. The van der Waals surface area contributed by atoms with Crippen molar-refractivity contribution < 1.29 is 0 Å². The molecule has 1 fully saturated rings. The molecule has 1 aromatic rings. The molecule has 2 rings (SSSR count). The molecule has 1 aliphatic rings. The smallest absolute Gasteiger partial charge is 0.0369 e. The van der Waals surface area contributed by atoms with Crippen molar-refractivity contribution in [3.63, 3.8) is 0 Å². The third kappa shape index (κ3) is 3.48. The van der Waals surface area contributed by atoms with Gasteiger partial charge < -0.3 is 10.2 Å². The second kappa shape index (κ2) is 6.40. The van der Waals surface area contributed by atoms with E-state index in [9.17, 15) is 0 Å². The summed E-state index contributed by atoms with van der Waals surface area (Å²) >= 11 is 0. The lowest BCUT2D eigenvalue weighted by molar-refractivity contribution is 0.150. The maximum Gasteiger partial charge on any atom is 0.0369 e. The summed E-state index contributed by atoms with van der Waals surface area (Å²) in [4.78, 5) is 5.07. The van der Waals surface area contributed by atoms with E-state index in [0.717, 1.165) is 19.6 Å². The molecule has 3 nitrogen and oxygen atoms in total. The van der Waals surface area contributed by atoms with E-state index in [0.29, 0.717) is 12.1 Å². The Balaban J connectivity index is 2.10. The van der Waals surface area contributed by atoms with E-state index < -0.39 is 0 Å². The number of likely N-dealkylation sites (N-methyl/N-ethyl adjacent to an activating group) is 1. The lowest BCUT2D eigenvalue weighted by Gasteiger charge is -2.45. The molecular formula is C16H27N3. The van der Waals surface area contributed by atoms with Gasteiger partial charge in [-0.3, -0.25) is 4.90 Å². The van der Waals surface area contributed by atoms with E-state index in [1.807, 2.05) is 7.05 Å². The molecule has 3 heteroatoms. The van der Waals surface area contributed by atoms with Crippen LogP contribution in [0.25, 0.3) is 0 Å². The number of rotatable bonds is 4. The monoisotopic (exact) mass is 261 g/mol. The molecular weight excluding hydrogens is 234 g/mol. The van der Waals surface area contributed by atoms with E-state index >= 15 is 0 Å². The number of piperazine rings is 1. The first-order valence-electron chi connectivity index (χ1n) is 7.30. The maximum absolute atomic E-state index is 3.27. The Morgan fingerprint density at radius 1 is 1.32 bits per heavy atom. The van der Waals surface area contributed by atoms with Gasteiger partial charge in [0.25, 0.3) is 0 Å². The van der Waals surface area contributed by atoms with Gasteiger partial charge in [0, 0.05) is 30.9 Å². The molecule has 1 N–H and O–H groups in total. The average Bonchev–Trinajstić information content (AvgIpc) is 2.40. The van der Waals surface area contributed by atoms with Crippen LogP contribution >= 0.6 is 0 Å². The van der Waals surface area contributed by atoms with Gasteiger partial charge in [-0.05, 0) is 58.6 Å². The van der Waals surface area contributed by atoms with Crippen molar-refractivity contribution >= 4 is 5.69 Å². The number of hydrogen-bond donors (Lipinski definition) is 1. The molecule has 106 valence electrons. The fraction of sp³-hybridized carbons (Fsp3) is 0.625. The van der Waals surface area contributed by atoms with Crippen LogP contribution in [0.2, 0.25) is 0 Å².